The van der Waals surface area contributed by atoms with Crippen molar-refractivity contribution in [3.05, 3.63) is 65.2 Å². The highest BCUT2D eigenvalue weighted by Crippen LogP contribution is 2.16. The second kappa shape index (κ2) is 4.84. The van der Waals surface area contributed by atoms with E-state index < -0.39 is 0 Å². The van der Waals surface area contributed by atoms with Crippen LogP contribution in [-0.4, -0.2) is 9.97 Å². The van der Waals surface area contributed by atoms with Gasteiger partial charge in [-0.2, -0.15) is 0 Å². The first kappa shape index (κ1) is 11.9. The summed E-state index contributed by atoms with van der Waals surface area (Å²) < 4.78 is 13.1. The van der Waals surface area contributed by atoms with Crippen molar-refractivity contribution in [2.24, 2.45) is 0 Å². The summed E-state index contributed by atoms with van der Waals surface area (Å²) in [5, 5.41) is 0. The van der Waals surface area contributed by atoms with E-state index in [1.165, 1.54) is 11.6 Å². The maximum absolute atomic E-state index is 13.1. The highest BCUT2D eigenvalue weighted by molar-refractivity contribution is 5.75. The zero-order chi connectivity index (χ0) is 13.2. The minimum absolute atomic E-state index is 0.207. The Bertz CT molecular complexity index is 716. The topological polar surface area (TPSA) is 28.7 Å². The number of aromatic amines is 1. The Balaban J connectivity index is 1.93. The van der Waals surface area contributed by atoms with Gasteiger partial charge in [-0.05, 0) is 41.8 Å². The maximum Gasteiger partial charge on any atom is 0.123 e. The highest BCUT2D eigenvalue weighted by Gasteiger charge is 2.05. The lowest BCUT2D eigenvalue weighted by Gasteiger charge is -1.97. The number of benzene rings is 2. The molecule has 0 aliphatic heterocycles. The molecule has 0 spiro atoms. The molecule has 2 nitrogen and oxygen atoms in total. The van der Waals surface area contributed by atoms with Crippen LogP contribution in [0.3, 0.4) is 0 Å². The molecule has 3 aromatic rings. The number of hydrogen-bond acceptors (Lipinski definition) is 1. The van der Waals surface area contributed by atoms with E-state index in [2.05, 4.69) is 29.0 Å². The number of H-pyrrole nitrogens is 1. The van der Waals surface area contributed by atoms with Crippen molar-refractivity contribution in [2.75, 3.05) is 0 Å². The molecule has 1 N–H and O–H groups in total. The molecule has 0 radical (unpaired) electrons. The van der Waals surface area contributed by atoms with Crippen LogP contribution in [-0.2, 0) is 12.8 Å². The Kier molecular flexibility index (Phi) is 3.03. The van der Waals surface area contributed by atoms with Crippen molar-refractivity contribution < 1.29 is 4.39 Å². The highest BCUT2D eigenvalue weighted by atomic mass is 19.1. The Morgan fingerprint density at radius 2 is 2.00 bits per heavy atom. The van der Waals surface area contributed by atoms with Crippen LogP contribution in [0.1, 0.15) is 23.9 Å². The third kappa shape index (κ3) is 2.50. The molecule has 0 unspecified atom stereocenters. The number of aromatic nitrogens is 2. The predicted molar refractivity (Wildman–Crippen MR) is 74.7 cm³/mol. The average Bonchev–Trinajstić information content (AvgIpc) is 2.79. The standard InChI is InChI=1S/C16H15FN2/c1-2-11-6-7-14-15(9-11)19-16(18-14)10-12-4-3-5-13(17)8-12/h3-9H,2,10H2,1H3,(H,18,19). The molecule has 0 fully saturated rings. The van der Waals surface area contributed by atoms with Gasteiger partial charge >= 0.3 is 0 Å². The largest absolute Gasteiger partial charge is 0.342 e. The van der Waals surface area contributed by atoms with Gasteiger partial charge in [0.2, 0.25) is 0 Å². The summed E-state index contributed by atoms with van der Waals surface area (Å²) in [6, 6.07) is 12.9. The smallest absolute Gasteiger partial charge is 0.123 e. The SMILES string of the molecule is CCc1ccc2nc(Cc3cccc(F)c3)[nH]c2c1. The van der Waals surface area contributed by atoms with Gasteiger partial charge in [0.25, 0.3) is 0 Å². The molecule has 19 heavy (non-hydrogen) atoms. The molecule has 0 saturated heterocycles. The molecule has 96 valence electrons. The fraction of sp³-hybridized carbons (Fsp3) is 0.188. The van der Waals surface area contributed by atoms with Gasteiger partial charge in [0, 0.05) is 6.42 Å². The minimum atomic E-state index is -0.207. The van der Waals surface area contributed by atoms with E-state index in [1.807, 2.05) is 12.1 Å². The third-order valence-corrected chi connectivity index (χ3v) is 3.26. The van der Waals surface area contributed by atoms with Crippen molar-refractivity contribution >= 4 is 11.0 Å². The molecule has 1 heterocycles. The number of nitrogens with one attached hydrogen (secondary N) is 1. The monoisotopic (exact) mass is 254 g/mol. The quantitative estimate of drug-likeness (QED) is 0.755. The second-order valence-corrected chi connectivity index (χ2v) is 4.70. The fourth-order valence-electron chi connectivity index (χ4n) is 2.25. The third-order valence-electron chi connectivity index (χ3n) is 3.26. The van der Waals surface area contributed by atoms with Gasteiger partial charge < -0.3 is 4.98 Å². The van der Waals surface area contributed by atoms with Crippen molar-refractivity contribution in [3.63, 3.8) is 0 Å². The lowest BCUT2D eigenvalue weighted by atomic mass is 10.1. The lowest BCUT2D eigenvalue weighted by Crippen LogP contribution is -1.91. The van der Waals surface area contributed by atoms with Crippen LogP contribution in [0.5, 0.6) is 0 Å². The van der Waals surface area contributed by atoms with Crippen LogP contribution < -0.4 is 0 Å². The molecule has 0 bridgehead atoms. The first-order chi connectivity index (χ1) is 9.24. The number of imidazole rings is 1. The van der Waals surface area contributed by atoms with Crippen molar-refractivity contribution in [1.82, 2.24) is 9.97 Å². The van der Waals surface area contributed by atoms with Gasteiger partial charge in [-0.25, -0.2) is 9.37 Å². The summed E-state index contributed by atoms with van der Waals surface area (Å²) in [6.45, 7) is 2.13. The molecule has 0 aliphatic rings. The fourth-order valence-corrected chi connectivity index (χ4v) is 2.25. The van der Waals surface area contributed by atoms with Gasteiger partial charge in [0.05, 0.1) is 11.0 Å². The number of nitrogens with zero attached hydrogens (tertiary/aromatic N) is 1. The molecular weight excluding hydrogens is 239 g/mol. The normalized spacial score (nSPS) is 11.1. The van der Waals surface area contributed by atoms with Crippen molar-refractivity contribution in [2.45, 2.75) is 19.8 Å². The molecule has 0 atom stereocenters. The zero-order valence-electron chi connectivity index (χ0n) is 10.8. The number of fused-ring (bicyclic) bond motifs is 1. The summed E-state index contributed by atoms with van der Waals surface area (Å²) in [6.07, 6.45) is 1.63. The molecule has 0 saturated carbocycles. The van der Waals surface area contributed by atoms with Gasteiger partial charge in [0.15, 0.2) is 0 Å². The second-order valence-electron chi connectivity index (χ2n) is 4.70. The number of aryl methyl sites for hydroxylation is 1. The summed E-state index contributed by atoms with van der Waals surface area (Å²) in [5.74, 6) is 0.663. The van der Waals surface area contributed by atoms with E-state index >= 15 is 0 Å². The number of hydrogen-bond donors (Lipinski definition) is 1. The molecule has 2 aromatic carbocycles. The van der Waals surface area contributed by atoms with Crippen LogP contribution in [0.25, 0.3) is 11.0 Å². The van der Waals surface area contributed by atoms with Gasteiger partial charge in [-0.15, -0.1) is 0 Å². The van der Waals surface area contributed by atoms with E-state index in [1.54, 1.807) is 12.1 Å². The van der Waals surface area contributed by atoms with Gasteiger partial charge in [-0.3, -0.25) is 0 Å². The van der Waals surface area contributed by atoms with Crippen LogP contribution in [0.15, 0.2) is 42.5 Å². The van der Waals surface area contributed by atoms with Crippen molar-refractivity contribution in [3.8, 4) is 0 Å². The van der Waals surface area contributed by atoms with Crippen LogP contribution in [0, 0.1) is 5.82 Å². The van der Waals surface area contributed by atoms with Gasteiger partial charge in [-0.1, -0.05) is 25.1 Å². The Morgan fingerprint density at radius 1 is 1.11 bits per heavy atom. The first-order valence-corrected chi connectivity index (χ1v) is 6.46. The Morgan fingerprint density at radius 3 is 2.79 bits per heavy atom. The summed E-state index contributed by atoms with van der Waals surface area (Å²) in [4.78, 5) is 7.84. The maximum atomic E-state index is 13.1. The predicted octanol–water partition coefficient (Wildman–Crippen LogP) is 3.86. The summed E-state index contributed by atoms with van der Waals surface area (Å²) >= 11 is 0. The first-order valence-electron chi connectivity index (χ1n) is 6.46. The van der Waals surface area contributed by atoms with Crippen LogP contribution in [0.2, 0.25) is 0 Å². The Labute approximate surface area is 111 Å². The lowest BCUT2D eigenvalue weighted by molar-refractivity contribution is 0.626. The zero-order valence-corrected chi connectivity index (χ0v) is 10.8. The number of rotatable bonds is 3. The van der Waals surface area contributed by atoms with Crippen LogP contribution >= 0.6 is 0 Å². The van der Waals surface area contributed by atoms with Crippen LogP contribution in [0.4, 0.5) is 4.39 Å². The molecule has 3 rings (SSSR count). The Hall–Kier alpha value is -2.16. The molecule has 0 aliphatic carbocycles. The van der Waals surface area contributed by atoms with E-state index in [4.69, 9.17) is 0 Å². The molecule has 1 aromatic heterocycles. The van der Waals surface area contributed by atoms with E-state index in [9.17, 15) is 4.39 Å². The molecular formula is C16H15FN2. The van der Waals surface area contributed by atoms with Crippen molar-refractivity contribution in [1.29, 1.82) is 0 Å². The summed E-state index contributed by atoms with van der Waals surface area (Å²) in [7, 11) is 0. The molecule has 3 heteroatoms. The average molecular weight is 254 g/mol. The van der Waals surface area contributed by atoms with Gasteiger partial charge in [0.1, 0.15) is 11.6 Å². The van der Waals surface area contributed by atoms with E-state index in [-0.39, 0.29) is 5.82 Å². The molecule has 0 amide bonds. The van der Waals surface area contributed by atoms with E-state index in [0.717, 1.165) is 28.8 Å². The minimum Gasteiger partial charge on any atom is -0.342 e. The summed E-state index contributed by atoms with van der Waals surface area (Å²) in [5.41, 5.74) is 4.22. The number of halogens is 1. The van der Waals surface area contributed by atoms with E-state index in [0.29, 0.717) is 6.42 Å².